The zero-order valence-electron chi connectivity index (χ0n) is 13.2. The molecule has 0 saturated carbocycles. The van der Waals surface area contributed by atoms with Crippen LogP contribution in [0, 0.1) is 10.1 Å². The lowest BCUT2D eigenvalue weighted by molar-refractivity contribution is -0.881. The van der Waals surface area contributed by atoms with Gasteiger partial charge < -0.3 is 16.9 Å². The number of quaternary nitrogens is 1. The number of likely N-dealkylation sites (N-methyl/N-ethyl adjacent to an activating group) is 1. The van der Waals surface area contributed by atoms with E-state index in [2.05, 4.69) is 27.9 Å². The molecule has 0 atom stereocenters. The van der Waals surface area contributed by atoms with E-state index >= 15 is 0 Å². The summed E-state index contributed by atoms with van der Waals surface area (Å²) in [5.74, 6) is 0. The average molecular weight is 343 g/mol. The third kappa shape index (κ3) is 3.88. The molecule has 4 nitrogen and oxygen atoms in total. The molecule has 0 aliphatic carbocycles. The van der Waals surface area contributed by atoms with Crippen LogP contribution in [0.15, 0.2) is 40.4 Å². The van der Waals surface area contributed by atoms with Gasteiger partial charge in [0.05, 0.1) is 24.1 Å². The summed E-state index contributed by atoms with van der Waals surface area (Å²) in [6.45, 7) is 5.84. The third-order valence-corrected chi connectivity index (χ3v) is 4.00. The van der Waals surface area contributed by atoms with Crippen molar-refractivity contribution in [3.8, 4) is 0 Å². The van der Waals surface area contributed by atoms with Crippen LogP contribution in [0.1, 0.15) is 19.4 Å². The highest BCUT2D eigenvalue weighted by Gasteiger charge is 2.30. The summed E-state index contributed by atoms with van der Waals surface area (Å²) in [4.78, 5) is 10.4. The molecule has 0 saturated heterocycles. The molecule has 0 bridgehead atoms. The van der Waals surface area contributed by atoms with Crippen LogP contribution in [0.4, 0.5) is 5.69 Å². The SMILES string of the molecule is CC(C)=C1C[N+](C)(C)CC(Cl)=C1c1ccc([N+](=O)[O-])cc1.[Cl-]. The van der Waals surface area contributed by atoms with Crippen molar-refractivity contribution in [1.82, 2.24) is 0 Å². The van der Waals surface area contributed by atoms with E-state index in [9.17, 15) is 10.1 Å². The summed E-state index contributed by atoms with van der Waals surface area (Å²) in [6, 6.07) is 6.63. The minimum Gasteiger partial charge on any atom is -1.00 e. The molecule has 6 heteroatoms. The highest BCUT2D eigenvalue weighted by molar-refractivity contribution is 6.33. The predicted octanol–water partition coefficient (Wildman–Crippen LogP) is 0.975. The monoisotopic (exact) mass is 342 g/mol. The molecular formula is C16H20Cl2N2O2. The Balaban J connectivity index is 0.00000242. The van der Waals surface area contributed by atoms with Gasteiger partial charge in [-0.15, -0.1) is 0 Å². The lowest BCUT2D eigenvalue weighted by atomic mass is 9.90. The van der Waals surface area contributed by atoms with Gasteiger partial charge in [-0.05, 0) is 31.5 Å². The van der Waals surface area contributed by atoms with Crippen LogP contribution in [0.3, 0.4) is 0 Å². The van der Waals surface area contributed by atoms with E-state index in [1.54, 1.807) is 12.1 Å². The van der Waals surface area contributed by atoms with Crippen molar-refractivity contribution in [2.75, 3.05) is 27.2 Å². The Morgan fingerprint density at radius 1 is 1.18 bits per heavy atom. The number of nitrogens with zero attached hydrogens (tertiary/aromatic N) is 2. The van der Waals surface area contributed by atoms with Gasteiger partial charge in [-0.1, -0.05) is 17.2 Å². The maximum atomic E-state index is 10.8. The van der Waals surface area contributed by atoms with Gasteiger partial charge in [-0.3, -0.25) is 10.1 Å². The van der Waals surface area contributed by atoms with Crippen molar-refractivity contribution in [2.45, 2.75) is 13.8 Å². The number of nitro groups is 1. The Labute approximate surface area is 142 Å². The van der Waals surface area contributed by atoms with Crippen molar-refractivity contribution in [1.29, 1.82) is 0 Å². The summed E-state index contributed by atoms with van der Waals surface area (Å²) in [5.41, 5.74) is 4.53. The molecule has 0 spiro atoms. The fraction of sp³-hybridized carbons (Fsp3) is 0.375. The molecule has 1 heterocycles. The highest BCUT2D eigenvalue weighted by Crippen LogP contribution is 2.37. The molecule has 0 unspecified atom stereocenters. The first kappa shape index (κ1) is 18.7. The second-order valence-corrected chi connectivity index (χ2v) is 6.77. The van der Waals surface area contributed by atoms with E-state index in [1.165, 1.54) is 23.3 Å². The second-order valence-electron chi connectivity index (χ2n) is 6.31. The molecule has 1 aliphatic rings. The summed E-state index contributed by atoms with van der Waals surface area (Å²) in [5, 5.41) is 11.6. The van der Waals surface area contributed by atoms with Crippen LogP contribution < -0.4 is 12.4 Å². The number of non-ortho nitro benzene ring substituents is 1. The largest absolute Gasteiger partial charge is 1.00 e. The zero-order chi connectivity index (χ0) is 15.8. The van der Waals surface area contributed by atoms with Gasteiger partial charge in [0, 0.05) is 23.3 Å². The van der Waals surface area contributed by atoms with Crippen molar-refractivity contribution >= 4 is 22.9 Å². The second kappa shape index (κ2) is 6.82. The summed E-state index contributed by atoms with van der Waals surface area (Å²) >= 11 is 6.54. The minimum atomic E-state index is -0.386. The number of halogens is 2. The van der Waals surface area contributed by atoms with E-state index < -0.39 is 0 Å². The first-order valence-electron chi connectivity index (χ1n) is 6.83. The molecule has 2 rings (SSSR count). The zero-order valence-corrected chi connectivity index (χ0v) is 14.7. The molecule has 0 N–H and O–H groups in total. The first-order valence-corrected chi connectivity index (χ1v) is 7.21. The predicted molar refractivity (Wildman–Crippen MR) is 86.1 cm³/mol. The molecule has 0 aromatic heterocycles. The molecule has 0 fully saturated rings. The van der Waals surface area contributed by atoms with Gasteiger partial charge in [0.2, 0.25) is 0 Å². The van der Waals surface area contributed by atoms with Gasteiger partial charge >= 0.3 is 0 Å². The number of hydrogen-bond donors (Lipinski definition) is 0. The number of rotatable bonds is 2. The summed E-state index contributed by atoms with van der Waals surface area (Å²) in [7, 11) is 4.30. The smallest absolute Gasteiger partial charge is 0.269 e. The van der Waals surface area contributed by atoms with Crippen LogP contribution in [0.5, 0.6) is 0 Å². The Bertz CT molecular complexity index is 643. The standard InChI is InChI=1S/C16H20ClN2O2.ClH/c1-11(2)14-9-19(3,4)10-15(17)16(14)12-5-7-13(8-6-12)18(20)21;/h5-8H,9-10H2,1-4H3;1H/q+1;/p-1. The maximum Gasteiger partial charge on any atom is 0.269 e. The molecule has 120 valence electrons. The van der Waals surface area contributed by atoms with Gasteiger partial charge in [-0.25, -0.2) is 0 Å². The fourth-order valence-electron chi connectivity index (χ4n) is 2.67. The van der Waals surface area contributed by atoms with Crippen molar-refractivity contribution in [3.63, 3.8) is 0 Å². The molecule has 0 amide bonds. The quantitative estimate of drug-likeness (QED) is 0.456. The fourth-order valence-corrected chi connectivity index (χ4v) is 3.22. The lowest BCUT2D eigenvalue weighted by Crippen LogP contribution is -3.00. The molecule has 1 aliphatic heterocycles. The first-order chi connectivity index (χ1) is 9.71. The van der Waals surface area contributed by atoms with Gasteiger partial charge in [-0.2, -0.15) is 0 Å². The normalized spacial score (nSPS) is 17.0. The van der Waals surface area contributed by atoms with E-state index in [0.29, 0.717) is 0 Å². The van der Waals surface area contributed by atoms with Crippen LogP contribution in [-0.4, -0.2) is 36.6 Å². The Morgan fingerprint density at radius 2 is 1.73 bits per heavy atom. The van der Waals surface area contributed by atoms with Gasteiger partial charge in [0.1, 0.15) is 13.1 Å². The Kier molecular flexibility index (Phi) is 5.79. The number of nitro benzene ring substituents is 1. The molecule has 1 aromatic rings. The summed E-state index contributed by atoms with van der Waals surface area (Å²) < 4.78 is 0.815. The van der Waals surface area contributed by atoms with E-state index in [-0.39, 0.29) is 23.0 Å². The Morgan fingerprint density at radius 3 is 2.18 bits per heavy atom. The van der Waals surface area contributed by atoms with E-state index in [4.69, 9.17) is 11.6 Å². The third-order valence-electron chi connectivity index (χ3n) is 3.70. The van der Waals surface area contributed by atoms with Gasteiger partial charge in [0.25, 0.3) is 5.69 Å². The maximum absolute atomic E-state index is 10.8. The summed E-state index contributed by atoms with van der Waals surface area (Å²) in [6.07, 6.45) is 0. The minimum absolute atomic E-state index is 0. The molecule has 22 heavy (non-hydrogen) atoms. The highest BCUT2D eigenvalue weighted by atomic mass is 35.5. The molecule has 0 radical (unpaired) electrons. The van der Waals surface area contributed by atoms with E-state index in [0.717, 1.165) is 33.7 Å². The van der Waals surface area contributed by atoms with Gasteiger partial charge in [0.15, 0.2) is 0 Å². The van der Waals surface area contributed by atoms with Crippen LogP contribution in [0.25, 0.3) is 5.57 Å². The molecular weight excluding hydrogens is 323 g/mol. The van der Waals surface area contributed by atoms with E-state index in [1.807, 2.05) is 0 Å². The number of hydrogen-bond acceptors (Lipinski definition) is 2. The lowest BCUT2D eigenvalue weighted by Gasteiger charge is -2.36. The Hall–Kier alpha value is -1.36. The topological polar surface area (TPSA) is 43.1 Å². The van der Waals surface area contributed by atoms with Crippen LogP contribution in [0.2, 0.25) is 0 Å². The molecule has 1 aromatic carbocycles. The van der Waals surface area contributed by atoms with Crippen molar-refractivity contribution in [2.24, 2.45) is 0 Å². The average Bonchev–Trinajstić information content (AvgIpc) is 2.36. The van der Waals surface area contributed by atoms with Crippen LogP contribution >= 0.6 is 11.6 Å². The van der Waals surface area contributed by atoms with Crippen LogP contribution in [-0.2, 0) is 0 Å². The number of benzene rings is 1. The van der Waals surface area contributed by atoms with Crippen molar-refractivity contribution in [3.05, 3.63) is 56.1 Å². The van der Waals surface area contributed by atoms with Crippen molar-refractivity contribution < 1.29 is 21.8 Å². The number of allylic oxidation sites excluding steroid dienone is 1.